The average Bonchev–Trinajstić information content (AvgIpc) is 2.70. The monoisotopic (exact) mass is 241 g/mol. The molecule has 1 aliphatic rings. The molecule has 0 saturated carbocycles. The summed E-state index contributed by atoms with van der Waals surface area (Å²) in [6.07, 6.45) is 2.03. The minimum atomic E-state index is -0.505. The molecule has 1 unspecified atom stereocenters. The molecular weight excluding hydrogens is 224 g/mol. The minimum Gasteiger partial charge on any atom is -0.374 e. The van der Waals surface area contributed by atoms with E-state index in [1.807, 2.05) is 6.92 Å². The molecule has 4 heteroatoms. The van der Waals surface area contributed by atoms with Gasteiger partial charge in [0.25, 0.3) is 0 Å². The zero-order valence-electron chi connectivity index (χ0n) is 9.93. The van der Waals surface area contributed by atoms with Crippen LogP contribution in [0, 0.1) is 11.6 Å². The molecule has 1 aliphatic heterocycles. The Balaban J connectivity index is 1.90. The zero-order chi connectivity index (χ0) is 12.3. The van der Waals surface area contributed by atoms with Crippen LogP contribution in [0.2, 0.25) is 0 Å². The summed E-state index contributed by atoms with van der Waals surface area (Å²) in [5.74, 6) is -1.01. The molecule has 0 spiro atoms. The lowest BCUT2D eigenvalue weighted by Gasteiger charge is -2.23. The lowest BCUT2D eigenvalue weighted by atomic mass is 10.0. The van der Waals surface area contributed by atoms with Crippen LogP contribution < -0.4 is 5.32 Å². The van der Waals surface area contributed by atoms with E-state index in [9.17, 15) is 8.78 Å². The summed E-state index contributed by atoms with van der Waals surface area (Å²) < 4.78 is 32.3. The molecule has 1 fully saturated rings. The van der Waals surface area contributed by atoms with Gasteiger partial charge in [0.2, 0.25) is 0 Å². The largest absolute Gasteiger partial charge is 0.374 e. The third-order valence-corrected chi connectivity index (χ3v) is 3.16. The average molecular weight is 241 g/mol. The molecule has 2 rings (SSSR count). The van der Waals surface area contributed by atoms with Crippen molar-refractivity contribution in [2.24, 2.45) is 0 Å². The molecule has 2 nitrogen and oxygen atoms in total. The Morgan fingerprint density at radius 3 is 2.65 bits per heavy atom. The van der Waals surface area contributed by atoms with Gasteiger partial charge in [0.05, 0.1) is 5.60 Å². The van der Waals surface area contributed by atoms with Crippen LogP contribution in [0.25, 0.3) is 0 Å². The first kappa shape index (κ1) is 12.5. The number of ether oxygens (including phenoxy) is 1. The molecule has 0 aliphatic carbocycles. The quantitative estimate of drug-likeness (QED) is 0.875. The normalized spacial score (nSPS) is 24.2. The Kier molecular flexibility index (Phi) is 3.74. The van der Waals surface area contributed by atoms with Gasteiger partial charge in [-0.3, -0.25) is 0 Å². The smallest absolute Gasteiger partial charge is 0.130 e. The maximum atomic E-state index is 13.3. The van der Waals surface area contributed by atoms with Gasteiger partial charge >= 0.3 is 0 Å². The SMILES string of the molecule is CC1(CNCc2c(F)cccc2F)CCCO1. The van der Waals surface area contributed by atoms with Crippen molar-refractivity contribution in [3.8, 4) is 0 Å². The molecule has 0 bridgehead atoms. The highest BCUT2D eigenvalue weighted by molar-refractivity contribution is 5.19. The van der Waals surface area contributed by atoms with Crippen LogP contribution in [0.5, 0.6) is 0 Å². The van der Waals surface area contributed by atoms with Gasteiger partial charge in [0.1, 0.15) is 11.6 Å². The Bertz CT molecular complexity index is 369. The van der Waals surface area contributed by atoms with Crippen molar-refractivity contribution >= 4 is 0 Å². The number of benzene rings is 1. The van der Waals surface area contributed by atoms with Crippen LogP contribution in [0.3, 0.4) is 0 Å². The van der Waals surface area contributed by atoms with Crippen molar-refractivity contribution in [3.63, 3.8) is 0 Å². The van der Waals surface area contributed by atoms with Crippen LogP contribution in [-0.2, 0) is 11.3 Å². The van der Waals surface area contributed by atoms with E-state index in [4.69, 9.17) is 4.74 Å². The van der Waals surface area contributed by atoms with Gasteiger partial charge in [0.15, 0.2) is 0 Å². The Morgan fingerprint density at radius 1 is 1.35 bits per heavy atom. The topological polar surface area (TPSA) is 21.3 Å². The minimum absolute atomic E-state index is 0.0918. The van der Waals surface area contributed by atoms with Crippen molar-refractivity contribution in [2.75, 3.05) is 13.2 Å². The van der Waals surface area contributed by atoms with Gasteiger partial charge in [-0.05, 0) is 31.9 Å². The lowest BCUT2D eigenvalue weighted by Crippen LogP contribution is -2.37. The van der Waals surface area contributed by atoms with E-state index in [0.29, 0.717) is 6.54 Å². The van der Waals surface area contributed by atoms with Gasteiger partial charge in [0, 0.05) is 25.3 Å². The number of nitrogens with one attached hydrogen (secondary N) is 1. The van der Waals surface area contributed by atoms with Crippen LogP contribution >= 0.6 is 0 Å². The predicted molar refractivity (Wildman–Crippen MR) is 61.7 cm³/mol. The van der Waals surface area contributed by atoms with E-state index in [-0.39, 0.29) is 17.7 Å². The first-order chi connectivity index (χ1) is 8.11. The van der Waals surface area contributed by atoms with E-state index in [0.717, 1.165) is 19.4 Å². The molecular formula is C13H17F2NO. The summed E-state index contributed by atoms with van der Waals surface area (Å²) in [7, 11) is 0. The van der Waals surface area contributed by atoms with E-state index in [1.165, 1.54) is 18.2 Å². The summed E-state index contributed by atoms with van der Waals surface area (Å²) >= 11 is 0. The molecule has 1 aromatic carbocycles. The van der Waals surface area contributed by atoms with Crippen LogP contribution in [0.4, 0.5) is 8.78 Å². The Morgan fingerprint density at radius 2 is 2.06 bits per heavy atom. The van der Waals surface area contributed by atoms with E-state index >= 15 is 0 Å². The van der Waals surface area contributed by atoms with Gasteiger partial charge in [-0.2, -0.15) is 0 Å². The van der Waals surface area contributed by atoms with Gasteiger partial charge < -0.3 is 10.1 Å². The summed E-state index contributed by atoms with van der Waals surface area (Å²) in [5.41, 5.74) is -0.101. The summed E-state index contributed by atoms with van der Waals surface area (Å²) in [4.78, 5) is 0. The Labute approximate surface area is 100.0 Å². The second-order valence-electron chi connectivity index (χ2n) is 4.71. The zero-order valence-corrected chi connectivity index (χ0v) is 9.93. The van der Waals surface area contributed by atoms with Crippen molar-refractivity contribution in [2.45, 2.75) is 31.9 Å². The number of hydrogen-bond acceptors (Lipinski definition) is 2. The molecule has 1 atom stereocenters. The van der Waals surface area contributed by atoms with Crippen molar-refractivity contribution < 1.29 is 13.5 Å². The highest BCUT2D eigenvalue weighted by atomic mass is 19.1. The number of rotatable bonds is 4. The molecule has 0 amide bonds. The fourth-order valence-corrected chi connectivity index (χ4v) is 2.13. The third kappa shape index (κ3) is 3.01. The first-order valence-corrected chi connectivity index (χ1v) is 5.88. The van der Waals surface area contributed by atoms with Crippen molar-refractivity contribution in [1.82, 2.24) is 5.32 Å². The fourth-order valence-electron chi connectivity index (χ4n) is 2.13. The summed E-state index contributed by atoms with van der Waals surface area (Å²) in [5, 5.41) is 3.06. The number of halogens is 2. The summed E-state index contributed by atoms with van der Waals surface area (Å²) in [6.45, 7) is 3.59. The first-order valence-electron chi connectivity index (χ1n) is 5.88. The number of hydrogen-bond donors (Lipinski definition) is 1. The predicted octanol–water partition coefficient (Wildman–Crippen LogP) is 2.62. The van der Waals surface area contributed by atoms with Gasteiger partial charge in [-0.15, -0.1) is 0 Å². The lowest BCUT2D eigenvalue weighted by molar-refractivity contribution is 0.0205. The highest BCUT2D eigenvalue weighted by Crippen LogP contribution is 2.24. The van der Waals surface area contributed by atoms with Gasteiger partial charge in [-0.25, -0.2) is 8.78 Å². The molecule has 0 radical (unpaired) electrons. The maximum absolute atomic E-state index is 13.3. The molecule has 1 aromatic rings. The second kappa shape index (κ2) is 5.10. The highest BCUT2D eigenvalue weighted by Gasteiger charge is 2.29. The van der Waals surface area contributed by atoms with E-state index < -0.39 is 11.6 Å². The van der Waals surface area contributed by atoms with Crippen molar-refractivity contribution in [3.05, 3.63) is 35.4 Å². The molecule has 0 aromatic heterocycles. The van der Waals surface area contributed by atoms with E-state index in [2.05, 4.69) is 5.32 Å². The van der Waals surface area contributed by atoms with Crippen LogP contribution in [0.15, 0.2) is 18.2 Å². The molecule has 1 N–H and O–H groups in total. The molecule has 94 valence electrons. The molecule has 1 heterocycles. The second-order valence-corrected chi connectivity index (χ2v) is 4.71. The standard InChI is InChI=1S/C13H17F2NO/c1-13(6-3-7-17-13)9-16-8-10-11(14)4-2-5-12(10)15/h2,4-5,16H,3,6-9H2,1H3. The summed E-state index contributed by atoms with van der Waals surface area (Å²) in [6, 6.07) is 3.91. The maximum Gasteiger partial charge on any atom is 0.130 e. The van der Waals surface area contributed by atoms with Crippen LogP contribution in [0.1, 0.15) is 25.3 Å². The van der Waals surface area contributed by atoms with Crippen LogP contribution in [-0.4, -0.2) is 18.8 Å². The van der Waals surface area contributed by atoms with E-state index in [1.54, 1.807) is 0 Å². The van der Waals surface area contributed by atoms with Gasteiger partial charge in [-0.1, -0.05) is 6.07 Å². The van der Waals surface area contributed by atoms with Crippen molar-refractivity contribution in [1.29, 1.82) is 0 Å². The fraction of sp³-hybridized carbons (Fsp3) is 0.538. The molecule has 17 heavy (non-hydrogen) atoms. The third-order valence-electron chi connectivity index (χ3n) is 3.16. The molecule has 1 saturated heterocycles. The Hall–Kier alpha value is -1.00.